The van der Waals surface area contributed by atoms with E-state index < -0.39 is 0 Å². The summed E-state index contributed by atoms with van der Waals surface area (Å²) in [6.45, 7) is 0.333. The molecular weight excluding hydrogens is 318 g/mol. The third-order valence-corrected chi connectivity index (χ3v) is 3.74. The zero-order chi connectivity index (χ0) is 18.0. The van der Waals surface area contributed by atoms with E-state index in [0.29, 0.717) is 12.2 Å². The van der Waals surface area contributed by atoms with Gasteiger partial charge in [0.2, 0.25) is 0 Å². The summed E-state index contributed by atoms with van der Waals surface area (Å²) in [6, 6.07) is 13.0. The largest absolute Gasteiger partial charge is 0.497 e. The van der Waals surface area contributed by atoms with Crippen LogP contribution < -0.4 is 10.5 Å². The monoisotopic (exact) mass is 329 g/mol. The van der Waals surface area contributed by atoms with E-state index in [2.05, 4.69) is 9.97 Å². The average molecular weight is 329 g/mol. The molecule has 0 saturated heterocycles. The Morgan fingerprint density at radius 2 is 1.68 bits per heavy atom. The number of benzene rings is 1. The quantitative estimate of drug-likeness (QED) is 0.771. The molecule has 25 heavy (non-hydrogen) atoms. The second kappa shape index (κ2) is 6.19. The van der Waals surface area contributed by atoms with Gasteiger partial charge in [-0.2, -0.15) is 15.8 Å². The predicted octanol–water partition coefficient (Wildman–Crippen LogP) is 1.69. The molecule has 0 aliphatic heterocycles. The van der Waals surface area contributed by atoms with Crippen LogP contribution in [0.15, 0.2) is 24.3 Å². The summed E-state index contributed by atoms with van der Waals surface area (Å²) in [5, 5.41) is 27.6. The molecule has 0 fully saturated rings. The first-order chi connectivity index (χ1) is 12.1. The molecule has 2 N–H and O–H groups in total. The van der Waals surface area contributed by atoms with Crippen LogP contribution in [0.25, 0.3) is 11.2 Å². The maximum atomic E-state index is 9.38. The first kappa shape index (κ1) is 15.8. The molecule has 3 rings (SSSR count). The van der Waals surface area contributed by atoms with Crippen LogP contribution in [0.3, 0.4) is 0 Å². The highest BCUT2D eigenvalue weighted by Crippen LogP contribution is 2.27. The van der Waals surface area contributed by atoms with E-state index in [1.54, 1.807) is 11.7 Å². The zero-order valence-corrected chi connectivity index (χ0v) is 13.2. The van der Waals surface area contributed by atoms with Gasteiger partial charge in [-0.3, -0.25) is 0 Å². The van der Waals surface area contributed by atoms with Crippen LogP contribution >= 0.6 is 0 Å². The van der Waals surface area contributed by atoms with Crippen molar-refractivity contribution in [2.45, 2.75) is 6.54 Å². The molecule has 0 spiro atoms. The lowest BCUT2D eigenvalue weighted by Crippen LogP contribution is -2.06. The van der Waals surface area contributed by atoms with Gasteiger partial charge in [-0.15, -0.1) is 0 Å². The van der Waals surface area contributed by atoms with Gasteiger partial charge in [0.15, 0.2) is 17.0 Å². The lowest BCUT2D eigenvalue weighted by molar-refractivity contribution is 0.414. The second-order valence-electron chi connectivity index (χ2n) is 5.12. The predicted molar refractivity (Wildman–Crippen MR) is 88.2 cm³/mol. The molecule has 8 nitrogen and oxygen atoms in total. The summed E-state index contributed by atoms with van der Waals surface area (Å²) in [5.41, 5.74) is 7.39. The SMILES string of the molecule is COc1ccc(Cn2c(N)c(C#N)c3nc(C#N)c(C#N)nc32)cc1. The standard InChI is InChI=1S/C17H11N7O/c1-25-11-4-2-10(3-5-11)9-24-16(21)12(6-18)15-17(24)23-14(8-20)13(7-19)22-15/h2-5H,9,21H2,1H3. The minimum atomic E-state index is -0.131. The first-order valence-corrected chi connectivity index (χ1v) is 7.15. The third-order valence-electron chi connectivity index (χ3n) is 3.74. The summed E-state index contributed by atoms with van der Waals surface area (Å²) < 4.78 is 6.73. The molecule has 3 aromatic rings. The molecule has 0 radical (unpaired) electrons. The number of hydrogen-bond acceptors (Lipinski definition) is 7. The maximum Gasteiger partial charge on any atom is 0.179 e. The van der Waals surface area contributed by atoms with Gasteiger partial charge >= 0.3 is 0 Å². The molecule has 0 unspecified atom stereocenters. The van der Waals surface area contributed by atoms with E-state index in [4.69, 9.17) is 21.0 Å². The summed E-state index contributed by atoms with van der Waals surface area (Å²) in [4.78, 5) is 8.28. The molecule has 2 aromatic heterocycles. The number of aromatic nitrogens is 3. The summed E-state index contributed by atoms with van der Waals surface area (Å²) in [6.07, 6.45) is 0. The number of fused-ring (bicyclic) bond motifs is 1. The van der Waals surface area contributed by atoms with Gasteiger partial charge in [0.05, 0.1) is 13.7 Å². The third kappa shape index (κ3) is 2.56. The van der Waals surface area contributed by atoms with E-state index in [-0.39, 0.29) is 28.3 Å². The van der Waals surface area contributed by atoms with Crippen molar-refractivity contribution in [1.29, 1.82) is 15.8 Å². The van der Waals surface area contributed by atoms with Crippen LogP contribution in [-0.4, -0.2) is 21.6 Å². The highest BCUT2D eigenvalue weighted by atomic mass is 16.5. The minimum absolute atomic E-state index is 0.104. The van der Waals surface area contributed by atoms with Gasteiger partial charge < -0.3 is 15.0 Å². The molecule has 0 amide bonds. The van der Waals surface area contributed by atoms with Crippen molar-refractivity contribution in [3.05, 3.63) is 46.8 Å². The number of hydrogen-bond donors (Lipinski definition) is 1. The van der Waals surface area contributed by atoms with Crippen molar-refractivity contribution in [2.75, 3.05) is 12.8 Å². The van der Waals surface area contributed by atoms with Crippen LogP contribution in [-0.2, 0) is 6.54 Å². The Bertz CT molecular complexity index is 1090. The van der Waals surface area contributed by atoms with Crippen molar-refractivity contribution in [2.24, 2.45) is 0 Å². The van der Waals surface area contributed by atoms with Crippen LogP contribution in [0.5, 0.6) is 5.75 Å². The Morgan fingerprint density at radius 3 is 2.24 bits per heavy atom. The highest BCUT2D eigenvalue weighted by molar-refractivity contribution is 5.87. The van der Waals surface area contributed by atoms with Crippen LogP contribution in [0.2, 0.25) is 0 Å². The van der Waals surface area contributed by atoms with Crippen LogP contribution in [0.4, 0.5) is 5.82 Å². The highest BCUT2D eigenvalue weighted by Gasteiger charge is 2.20. The Morgan fingerprint density at radius 1 is 1.04 bits per heavy atom. The van der Waals surface area contributed by atoms with Gasteiger partial charge in [0.1, 0.15) is 40.9 Å². The fourth-order valence-corrected chi connectivity index (χ4v) is 2.49. The lowest BCUT2D eigenvalue weighted by atomic mass is 10.2. The van der Waals surface area contributed by atoms with Gasteiger partial charge in [0.25, 0.3) is 0 Å². The second-order valence-corrected chi connectivity index (χ2v) is 5.12. The van der Waals surface area contributed by atoms with Crippen LogP contribution in [0, 0.1) is 34.0 Å². The number of methoxy groups -OCH3 is 1. The molecule has 0 bridgehead atoms. The topological polar surface area (TPSA) is 137 Å². The molecule has 8 heteroatoms. The Kier molecular flexibility index (Phi) is 3.91. The number of nitrogens with two attached hydrogens (primary N) is 1. The first-order valence-electron chi connectivity index (χ1n) is 7.15. The average Bonchev–Trinajstić information content (AvgIpc) is 2.91. The van der Waals surface area contributed by atoms with Crippen molar-refractivity contribution < 1.29 is 4.74 Å². The van der Waals surface area contributed by atoms with E-state index in [1.807, 2.05) is 42.5 Å². The molecule has 120 valence electrons. The maximum absolute atomic E-state index is 9.38. The molecular formula is C17H11N7O. The number of anilines is 1. The smallest absolute Gasteiger partial charge is 0.179 e. The van der Waals surface area contributed by atoms with Gasteiger partial charge in [-0.05, 0) is 17.7 Å². The van der Waals surface area contributed by atoms with Crippen molar-refractivity contribution in [3.63, 3.8) is 0 Å². The number of nitrogens with zero attached hydrogens (tertiary/aromatic N) is 6. The van der Waals surface area contributed by atoms with Crippen molar-refractivity contribution >= 4 is 17.0 Å². The summed E-state index contributed by atoms with van der Waals surface area (Å²) in [7, 11) is 1.58. The van der Waals surface area contributed by atoms with Gasteiger partial charge in [0, 0.05) is 0 Å². The van der Waals surface area contributed by atoms with E-state index in [0.717, 1.165) is 11.3 Å². The van der Waals surface area contributed by atoms with E-state index >= 15 is 0 Å². The number of nitrogen functional groups attached to an aromatic ring is 1. The van der Waals surface area contributed by atoms with E-state index in [1.165, 1.54) is 0 Å². The van der Waals surface area contributed by atoms with Crippen molar-refractivity contribution in [1.82, 2.24) is 14.5 Å². The van der Waals surface area contributed by atoms with Gasteiger partial charge in [-0.25, -0.2) is 9.97 Å². The normalized spacial score (nSPS) is 10.0. The minimum Gasteiger partial charge on any atom is -0.497 e. The molecule has 0 saturated carbocycles. The van der Waals surface area contributed by atoms with E-state index in [9.17, 15) is 5.26 Å². The molecule has 0 aliphatic rings. The Hall–Kier alpha value is -4.09. The van der Waals surface area contributed by atoms with Crippen LogP contribution in [0.1, 0.15) is 22.5 Å². The zero-order valence-electron chi connectivity index (χ0n) is 13.2. The number of ether oxygens (including phenoxy) is 1. The summed E-state index contributed by atoms with van der Waals surface area (Å²) >= 11 is 0. The fraction of sp³-hybridized carbons (Fsp3) is 0.118. The molecule has 0 aliphatic carbocycles. The lowest BCUT2D eigenvalue weighted by Gasteiger charge is -2.08. The van der Waals surface area contributed by atoms with Crippen molar-refractivity contribution in [3.8, 4) is 24.0 Å². The Labute approximate surface area is 142 Å². The van der Waals surface area contributed by atoms with Gasteiger partial charge in [-0.1, -0.05) is 12.1 Å². The molecule has 2 heterocycles. The number of rotatable bonds is 3. The molecule has 0 atom stereocenters. The molecule has 1 aromatic carbocycles. The fourth-order valence-electron chi connectivity index (χ4n) is 2.49. The summed E-state index contributed by atoms with van der Waals surface area (Å²) in [5.74, 6) is 0.907. The Balaban J connectivity index is 2.20. The number of nitriles is 3.